The van der Waals surface area contributed by atoms with Gasteiger partial charge in [0.2, 0.25) is 0 Å². The third kappa shape index (κ3) is 6.62. The van der Waals surface area contributed by atoms with Crippen LogP contribution < -0.4 is 15.1 Å². The molecule has 0 radical (unpaired) electrons. The molecule has 2 unspecified atom stereocenters. The number of fused-ring (bicyclic) bond motifs is 1. The normalized spacial score (nSPS) is 16.3. The van der Waals surface area contributed by atoms with Gasteiger partial charge in [-0.2, -0.15) is 5.10 Å². The third-order valence-electron chi connectivity index (χ3n) is 9.69. The fourth-order valence-electron chi connectivity index (χ4n) is 7.29. The highest BCUT2D eigenvalue weighted by atomic mass is 28.4. The molecule has 0 saturated heterocycles. The molecule has 7 nitrogen and oxygen atoms in total. The largest absolute Gasteiger partial charge is 0.495 e. The lowest BCUT2D eigenvalue weighted by atomic mass is 9.89. The Bertz CT molecular complexity index is 2170. The topological polar surface area (TPSA) is 67.0 Å². The maximum atomic E-state index is 14.7. The monoisotopic (exact) mass is 719 g/mol. The van der Waals surface area contributed by atoms with E-state index in [1.165, 1.54) is 0 Å². The first-order chi connectivity index (χ1) is 25.0. The summed E-state index contributed by atoms with van der Waals surface area (Å²) in [5.41, 5.74) is 2.87. The summed E-state index contributed by atoms with van der Waals surface area (Å²) in [5, 5.41) is 6.77. The zero-order chi connectivity index (χ0) is 36.6. The lowest BCUT2D eigenvalue weighted by molar-refractivity contribution is 0.129. The second-order valence-electron chi connectivity index (χ2n) is 14.2. The van der Waals surface area contributed by atoms with E-state index in [9.17, 15) is 13.2 Å². The Labute approximate surface area is 302 Å². The first-order valence-corrected chi connectivity index (χ1v) is 19.1. The molecule has 266 valence electrons. The van der Waals surface area contributed by atoms with Crippen molar-refractivity contribution in [3.63, 3.8) is 0 Å². The Morgan fingerprint density at radius 2 is 1.52 bits per heavy atom. The molecule has 2 aromatic heterocycles. The number of nitrogens with zero attached hydrogens (tertiary/aromatic N) is 5. The van der Waals surface area contributed by atoms with Crippen LogP contribution in [0.5, 0.6) is 5.75 Å². The fourth-order valence-corrected chi connectivity index (χ4v) is 12.0. The van der Waals surface area contributed by atoms with Crippen LogP contribution in [0.1, 0.15) is 61.6 Å². The number of methoxy groups -OCH3 is 1. The van der Waals surface area contributed by atoms with E-state index >= 15 is 0 Å². The summed E-state index contributed by atoms with van der Waals surface area (Å²) in [7, 11) is -1.39. The van der Waals surface area contributed by atoms with Crippen LogP contribution in [0.25, 0.3) is 17.8 Å². The van der Waals surface area contributed by atoms with Crippen molar-refractivity contribution in [2.75, 3.05) is 7.11 Å². The van der Waals surface area contributed by atoms with Crippen LogP contribution in [0.3, 0.4) is 0 Å². The van der Waals surface area contributed by atoms with Crippen LogP contribution in [0.4, 0.5) is 13.2 Å². The zero-order valence-electron chi connectivity index (χ0n) is 29.7. The number of aryl methyl sites for hydroxylation is 1. The highest BCUT2D eigenvalue weighted by molar-refractivity contribution is 6.99. The molecule has 0 saturated carbocycles. The summed E-state index contributed by atoms with van der Waals surface area (Å²) < 4.78 is 60.5. The number of hydrogen-bond donors (Lipinski definition) is 0. The highest BCUT2D eigenvalue weighted by Crippen LogP contribution is 2.41. The summed E-state index contributed by atoms with van der Waals surface area (Å²) in [6, 6.07) is 28.5. The summed E-state index contributed by atoms with van der Waals surface area (Å²) in [6.45, 7) is 8.90. The first kappa shape index (κ1) is 35.2. The summed E-state index contributed by atoms with van der Waals surface area (Å²) in [5.74, 6) is -3.01. The van der Waals surface area contributed by atoms with Gasteiger partial charge in [0.15, 0.2) is 23.3 Å². The molecule has 0 aliphatic carbocycles. The Balaban J connectivity index is 1.28. The number of benzene rings is 4. The number of imidazole rings is 1. The molecule has 7 rings (SSSR count). The summed E-state index contributed by atoms with van der Waals surface area (Å²) >= 11 is 0. The molecular formula is C41H40F3N5O2Si. The molecule has 0 amide bonds. The Morgan fingerprint density at radius 3 is 2.10 bits per heavy atom. The number of aromatic nitrogens is 5. The average Bonchev–Trinajstić information content (AvgIpc) is 3.77. The van der Waals surface area contributed by atoms with E-state index in [2.05, 4.69) is 50.0 Å². The van der Waals surface area contributed by atoms with Crippen LogP contribution in [-0.4, -0.2) is 45.8 Å². The van der Waals surface area contributed by atoms with E-state index < -0.39 is 37.8 Å². The molecule has 3 heterocycles. The van der Waals surface area contributed by atoms with Gasteiger partial charge in [-0.15, -0.1) is 0 Å². The molecule has 1 aliphatic rings. The van der Waals surface area contributed by atoms with Crippen molar-refractivity contribution in [2.45, 2.75) is 57.7 Å². The van der Waals surface area contributed by atoms with Crippen molar-refractivity contribution in [1.29, 1.82) is 0 Å². The van der Waals surface area contributed by atoms with E-state index in [1.807, 2.05) is 78.4 Å². The molecule has 6 aromatic rings. The fraction of sp³-hybridized carbons (Fsp3) is 0.244. The van der Waals surface area contributed by atoms with Crippen molar-refractivity contribution < 1.29 is 22.3 Å². The van der Waals surface area contributed by atoms with E-state index in [1.54, 1.807) is 24.2 Å². The van der Waals surface area contributed by atoms with Gasteiger partial charge in [0, 0.05) is 12.1 Å². The lowest BCUT2D eigenvalue weighted by Crippen LogP contribution is -2.68. The number of halogens is 3. The van der Waals surface area contributed by atoms with E-state index in [-0.39, 0.29) is 10.6 Å². The van der Waals surface area contributed by atoms with Gasteiger partial charge in [0.05, 0.1) is 37.5 Å². The van der Waals surface area contributed by atoms with Crippen LogP contribution in [0, 0.1) is 24.4 Å². The molecule has 4 aromatic carbocycles. The minimum absolute atomic E-state index is 0.270. The van der Waals surface area contributed by atoms with E-state index in [0.29, 0.717) is 30.4 Å². The number of rotatable bonds is 9. The van der Waals surface area contributed by atoms with Gasteiger partial charge in [-0.05, 0) is 70.2 Å². The molecule has 0 N–H and O–H groups in total. The van der Waals surface area contributed by atoms with Gasteiger partial charge in [-0.1, -0.05) is 93.6 Å². The van der Waals surface area contributed by atoms with Gasteiger partial charge >= 0.3 is 0 Å². The Morgan fingerprint density at radius 1 is 0.865 bits per heavy atom. The molecule has 0 spiro atoms. The molecule has 0 bridgehead atoms. The minimum atomic E-state index is -3.01. The maximum Gasteiger partial charge on any atom is 0.261 e. The van der Waals surface area contributed by atoms with Gasteiger partial charge in [0.25, 0.3) is 8.32 Å². The van der Waals surface area contributed by atoms with Crippen LogP contribution in [0.15, 0.2) is 104 Å². The molecule has 2 atom stereocenters. The molecule has 11 heteroatoms. The average molecular weight is 720 g/mol. The van der Waals surface area contributed by atoms with Gasteiger partial charge < -0.3 is 13.7 Å². The molecule has 0 fully saturated rings. The maximum absolute atomic E-state index is 14.7. The van der Waals surface area contributed by atoms with Crippen molar-refractivity contribution >= 4 is 30.8 Å². The summed E-state index contributed by atoms with van der Waals surface area (Å²) in [4.78, 5) is 9.17. The second-order valence-corrected chi connectivity index (χ2v) is 18.4. The minimum Gasteiger partial charge on any atom is -0.495 e. The Kier molecular flexibility index (Phi) is 9.49. The van der Waals surface area contributed by atoms with E-state index in [4.69, 9.17) is 19.2 Å². The predicted octanol–water partition coefficient (Wildman–Crippen LogP) is 7.85. The van der Waals surface area contributed by atoms with Crippen molar-refractivity contribution in [3.8, 4) is 11.4 Å². The smallest absolute Gasteiger partial charge is 0.261 e. The SMILES string of the molecule is COc1cc(/C=C/c2nc3n(n2)CC(O[Si](c2ccccc2)(c2ccccc2)C(C)(C)C)CC3c2cc(F)c(F)c(F)c2)ccc1-n1cnc(C)c1. The van der Waals surface area contributed by atoms with E-state index in [0.717, 1.165) is 39.5 Å². The van der Waals surface area contributed by atoms with Gasteiger partial charge in [0.1, 0.15) is 11.6 Å². The standard InChI is InChI=1S/C41H40F3N5O2Si/c1-27-24-48(26-45-27)36-18-16-28(20-37(36)50-5)17-19-38-46-40-33(29-21-34(42)39(44)35(43)22-29)23-30(25-49(40)47-38)51-52(41(2,3)4,31-12-8-6-9-13-31)32-14-10-7-11-15-32/h6-22,24,26,30,33H,23,25H2,1-5H3/b19-17+. The molecule has 1 aliphatic heterocycles. The lowest BCUT2D eigenvalue weighted by Gasteiger charge is -2.46. The second kappa shape index (κ2) is 14.0. The third-order valence-corrected chi connectivity index (χ3v) is 14.8. The van der Waals surface area contributed by atoms with Crippen molar-refractivity contribution in [3.05, 3.63) is 149 Å². The first-order valence-electron chi connectivity index (χ1n) is 17.2. The van der Waals surface area contributed by atoms with Crippen molar-refractivity contribution in [1.82, 2.24) is 24.3 Å². The van der Waals surface area contributed by atoms with Gasteiger partial charge in [-0.25, -0.2) is 27.8 Å². The van der Waals surface area contributed by atoms with Gasteiger partial charge in [-0.3, -0.25) is 0 Å². The predicted molar refractivity (Wildman–Crippen MR) is 199 cm³/mol. The quantitative estimate of drug-likeness (QED) is 0.113. The Hall–Kier alpha value is -5.26. The van der Waals surface area contributed by atoms with Crippen LogP contribution in [0.2, 0.25) is 5.04 Å². The summed E-state index contributed by atoms with van der Waals surface area (Å²) in [6.07, 6.45) is 7.29. The van der Waals surface area contributed by atoms with Crippen molar-refractivity contribution in [2.24, 2.45) is 0 Å². The van der Waals surface area contributed by atoms with Crippen LogP contribution >= 0.6 is 0 Å². The molecule has 52 heavy (non-hydrogen) atoms. The molecular weight excluding hydrogens is 680 g/mol. The zero-order valence-corrected chi connectivity index (χ0v) is 30.7. The number of hydrogen-bond acceptors (Lipinski definition) is 5. The van der Waals surface area contributed by atoms with Crippen LogP contribution in [-0.2, 0) is 11.0 Å². The highest BCUT2D eigenvalue weighted by Gasteiger charge is 2.52. The number of ether oxygens (including phenoxy) is 1.